The first kappa shape index (κ1) is 11.5. The van der Waals surface area contributed by atoms with Crippen molar-refractivity contribution in [1.29, 1.82) is 0 Å². The summed E-state index contributed by atoms with van der Waals surface area (Å²) in [6.45, 7) is 5.02. The molecule has 0 aliphatic carbocycles. The molecular formula is C13H17NO. The van der Waals surface area contributed by atoms with Gasteiger partial charge in [-0.2, -0.15) is 0 Å². The maximum absolute atomic E-state index is 5.53. The number of rotatable bonds is 6. The van der Waals surface area contributed by atoms with Gasteiger partial charge in [-0.15, -0.1) is 0 Å². The summed E-state index contributed by atoms with van der Waals surface area (Å²) in [4.78, 5) is 0. The largest absolute Gasteiger partial charge is 0.489 e. The molecular weight excluding hydrogens is 186 g/mol. The lowest BCUT2D eigenvalue weighted by Gasteiger charge is -2.06. The first-order valence-corrected chi connectivity index (χ1v) is 5.02. The van der Waals surface area contributed by atoms with Crippen molar-refractivity contribution in [2.45, 2.75) is 0 Å². The normalized spacial score (nSPS) is 10.5. The Morgan fingerprint density at radius 2 is 2.20 bits per heavy atom. The fourth-order valence-corrected chi connectivity index (χ4v) is 1.20. The molecule has 15 heavy (non-hydrogen) atoms. The molecule has 0 saturated heterocycles. The van der Waals surface area contributed by atoms with Gasteiger partial charge in [-0.1, -0.05) is 43.0 Å². The molecule has 0 aromatic heterocycles. The molecule has 1 rings (SSSR count). The molecule has 0 fully saturated rings. The molecule has 0 aliphatic rings. The van der Waals surface area contributed by atoms with Crippen LogP contribution in [0, 0.1) is 0 Å². The van der Waals surface area contributed by atoms with Gasteiger partial charge in [0, 0.05) is 12.1 Å². The summed E-state index contributed by atoms with van der Waals surface area (Å²) < 4.78 is 5.53. The van der Waals surface area contributed by atoms with Gasteiger partial charge in [-0.05, 0) is 13.1 Å². The van der Waals surface area contributed by atoms with Gasteiger partial charge in [0.2, 0.25) is 0 Å². The van der Waals surface area contributed by atoms with Gasteiger partial charge in [0.05, 0.1) is 0 Å². The zero-order valence-corrected chi connectivity index (χ0v) is 9.07. The molecule has 0 unspecified atom stereocenters. The monoisotopic (exact) mass is 203 g/mol. The van der Waals surface area contributed by atoms with Gasteiger partial charge >= 0.3 is 0 Å². The number of hydrogen-bond acceptors (Lipinski definition) is 2. The second-order valence-electron chi connectivity index (χ2n) is 3.10. The minimum atomic E-state index is 0.539. The molecule has 2 nitrogen and oxygen atoms in total. The fraction of sp³-hybridized carbons (Fsp3) is 0.231. The highest BCUT2D eigenvalue weighted by atomic mass is 16.5. The van der Waals surface area contributed by atoms with Crippen LogP contribution in [0.4, 0.5) is 0 Å². The van der Waals surface area contributed by atoms with E-state index >= 15 is 0 Å². The number of ether oxygens (including phenoxy) is 1. The van der Waals surface area contributed by atoms with Crippen molar-refractivity contribution >= 4 is 6.08 Å². The first-order valence-electron chi connectivity index (χ1n) is 5.02. The average Bonchev–Trinajstić information content (AvgIpc) is 2.28. The number of para-hydroxylation sites is 1. The van der Waals surface area contributed by atoms with E-state index < -0.39 is 0 Å². The molecule has 0 amide bonds. The van der Waals surface area contributed by atoms with Crippen LogP contribution in [0.3, 0.4) is 0 Å². The van der Waals surface area contributed by atoms with Crippen molar-refractivity contribution in [3.05, 3.63) is 48.6 Å². The quantitative estimate of drug-likeness (QED) is 0.717. The molecule has 2 heteroatoms. The summed E-state index contributed by atoms with van der Waals surface area (Å²) in [5.41, 5.74) is 1.09. The first-order chi connectivity index (χ1) is 7.38. The van der Waals surface area contributed by atoms with Gasteiger partial charge in [-0.25, -0.2) is 0 Å². The van der Waals surface area contributed by atoms with Crippen molar-refractivity contribution in [3.63, 3.8) is 0 Å². The van der Waals surface area contributed by atoms with E-state index in [1.165, 1.54) is 0 Å². The highest BCUT2D eigenvalue weighted by molar-refractivity contribution is 5.57. The van der Waals surface area contributed by atoms with Crippen LogP contribution in [0.15, 0.2) is 43.0 Å². The Kier molecular flexibility index (Phi) is 5.26. The van der Waals surface area contributed by atoms with Gasteiger partial charge < -0.3 is 10.1 Å². The lowest BCUT2D eigenvalue weighted by molar-refractivity contribution is 0.362. The topological polar surface area (TPSA) is 21.3 Å². The number of nitrogens with one attached hydrogen (secondary N) is 1. The molecule has 1 N–H and O–H groups in total. The standard InChI is InChI=1S/C13H17NO/c1-3-11-15-13-9-5-4-7-12(13)8-6-10-14-2/h3-9,14H,1,10-11H2,2H3. The highest BCUT2D eigenvalue weighted by Crippen LogP contribution is 2.19. The molecule has 0 bridgehead atoms. The third-order valence-electron chi connectivity index (χ3n) is 1.90. The Morgan fingerprint density at radius 1 is 1.40 bits per heavy atom. The van der Waals surface area contributed by atoms with Crippen molar-refractivity contribution < 1.29 is 4.74 Å². The number of likely N-dealkylation sites (N-methyl/N-ethyl adjacent to an activating group) is 1. The van der Waals surface area contributed by atoms with Crippen LogP contribution in [0.5, 0.6) is 5.75 Å². The Labute approximate surface area is 91.3 Å². The predicted octanol–water partition coefficient (Wildman–Crippen LogP) is 2.48. The summed E-state index contributed by atoms with van der Waals surface area (Å²) in [5, 5.41) is 3.06. The van der Waals surface area contributed by atoms with Crippen molar-refractivity contribution in [3.8, 4) is 5.75 Å². The molecule has 0 heterocycles. The van der Waals surface area contributed by atoms with Crippen LogP contribution in [0.1, 0.15) is 5.56 Å². The van der Waals surface area contributed by atoms with Crippen LogP contribution >= 0.6 is 0 Å². The van der Waals surface area contributed by atoms with Gasteiger partial charge in [0.25, 0.3) is 0 Å². The Hall–Kier alpha value is -1.54. The van der Waals surface area contributed by atoms with Crippen LogP contribution < -0.4 is 10.1 Å². The van der Waals surface area contributed by atoms with Crippen molar-refractivity contribution in [2.24, 2.45) is 0 Å². The van der Waals surface area contributed by atoms with Crippen LogP contribution in [-0.2, 0) is 0 Å². The summed E-state index contributed by atoms with van der Waals surface area (Å²) in [5.74, 6) is 0.893. The van der Waals surface area contributed by atoms with Crippen LogP contribution in [0.25, 0.3) is 6.08 Å². The molecule has 0 atom stereocenters. The van der Waals surface area contributed by atoms with Crippen molar-refractivity contribution in [2.75, 3.05) is 20.2 Å². The van der Waals surface area contributed by atoms with E-state index in [2.05, 4.69) is 24.0 Å². The second-order valence-corrected chi connectivity index (χ2v) is 3.10. The SMILES string of the molecule is C=CCOc1ccccc1C=CCNC. The van der Waals surface area contributed by atoms with E-state index in [0.29, 0.717) is 6.61 Å². The Bertz CT molecular complexity index is 331. The van der Waals surface area contributed by atoms with E-state index in [9.17, 15) is 0 Å². The molecule has 0 radical (unpaired) electrons. The smallest absolute Gasteiger partial charge is 0.126 e. The molecule has 0 spiro atoms. The van der Waals surface area contributed by atoms with Gasteiger partial charge in [0.15, 0.2) is 0 Å². The van der Waals surface area contributed by atoms with E-state index in [4.69, 9.17) is 4.74 Å². The Balaban J connectivity index is 2.71. The minimum Gasteiger partial charge on any atom is -0.489 e. The van der Waals surface area contributed by atoms with E-state index in [-0.39, 0.29) is 0 Å². The van der Waals surface area contributed by atoms with E-state index in [0.717, 1.165) is 17.9 Å². The Morgan fingerprint density at radius 3 is 2.93 bits per heavy atom. The van der Waals surface area contributed by atoms with Gasteiger partial charge in [-0.3, -0.25) is 0 Å². The lowest BCUT2D eigenvalue weighted by Crippen LogP contribution is -2.03. The third-order valence-corrected chi connectivity index (χ3v) is 1.90. The third kappa shape index (κ3) is 4.00. The van der Waals surface area contributed by atoms with Crippen LogP contribution in [-0.4, -0.2) is 20.2 Å². The maximum atomic E-state index is 5.53. The van der Waals surface area contributed by atoms with Crippen LogP contribution in [0.2, 0.25) is 0 Å². The number of hydrogen-bond donors (Lipinski definition) is 1. The summed E-state index contributed by atoms with van der Waals surface area (Å²) in [6.07, 6.45) is 5.86. The highest BCUT2D eigenvalue weighted by Gasteiger charge is 1.97. The summed E-state index contributed by atoms with van der Waals surface area (Å²) in [6, 6.07) is 7.96. The van der Waals surface area contributed by atoms with E-state index in [1.807, 2.05) is 31.3 Å². The van der Waals surface area contributed by atoms with Gasteiger partial charge in [0.1, 0.15) is 12.4 Å². The molecule has 0 saturated carbocycles. The lowest BCUT2D eigenvalue weighted by atomic mass is 10.2. The maximum Gasteiger partial charge on any atom is 0.126 e. The minimum absolute atomic E-state index is 0.539. The number of benzene rings is 1. The zero-order valence-electron chi connectivity index (χ0n) is 9.07. The van der Waals surface area contributed by atoms with Crippen molar-refractivity contribution in [1.82, 2.24) is 5.32 Å². The molecule has 0 aliphatic heterocycles. The molecule has 1 aromatic rings. The summed E-state index contributed by atoms with van der Waals surface area (Å²) >= 11 is 0. The predicted molar refractivity (Wildman–Crippen MR) is 65.1 cm³/mol. The second kappa shape index (κ2) is 6.85. The fourth-order valence-electron chi connectivity index (χ4n) is 1.20. The molecule has 80 valence electrons. The molecule has 1 aromatic carbocycles. The summed E-state index contributed by atoms with van der Waals surface area (Å²) in [7, 11) is 1.92. The van der Waals surface area contributed by atoms with E-state index in [1.54, 1.807) is 6.08 Å². The zero-order chi connectivity index (χ0) is 10.9. The average molecular weight is 203 g/mol.